The minimum atomic E-state index is -1.01. The highest BCUT2D eigenvalue weighted by Crippen LogP contribution is 2.23. The van der Waals surface area contributed by atoms with Gasteiger partial charge in [0.15, 0.2) is 5.65 Å². The van der Waals surface area contributed by atoms with E-state index in [4.69, 9.17) is 0 Å². The van der Waals surface area contributed by atoms with Gasteiger partial charge < -0.3 is 20.3 Å². The number of anilines is 1. The van der Waals surface area contributed by atoms with Crippen molar-refractivity contribution in [3.63, 3.8) is 0 Å². The first-order chi connectivity index (χ1) is 11.5. The van der Waals surface area contributed by atoms with Gasteiger partial charge in [-0.3, -0.25) is 0 Å². The molecule has 7 heteroatoms. The molecule has 0 aliphatic heterocycles. The molecule has 124 valence electrons. The van der Waals surface area contributed by atoms with Crippen LogP contribution in [0.4, 0.5) is 5.69 Å². The van der Waals surface area contributed by atoms with Crippen molar-refractivity contribution < 1.29 is 9.90 Å². The number of nitrogens with zero attached hydrogens (tertiary/aromatic N) is 3. The van der Waals surface area contributed by atoms with Gasteiger partial charge in [0.25, 0.3) is 0 Å². The Balaban J connectivity index is 1.83. The number of nitrogens with one attached hydrogen (secondary N) is 2. The minimum Gasteiger partial charge on any atom is -0.478 e. The summed E-state index contributed by atoms with van der Waals surface area (Å²) in [5.74, 6) is -0.410. The summed E-state index contributed by atoms with van der Waals surface area (Å²) in [5, 5.41) is 12.6. The van der Waals surface area contributed by atoms with Crippen LogP contribution in [0.3, 0.4) is 0 Å². The number of benzene rings is 1. The Morgan fingerprint density at radius 3 is 2.67 bits per heavy atom. The monoisotopic (exact) mass is 325 g/mol. The molecule has 3 aromatic rings. The third-order valence-corrected chi connectivity index (χ3v) is 3.66. The summed E-state index contributed by atoms with van der Waals surface area (Å²) < 4.78 is 0. The largest absolute Gasteiger partial charge is 0.478 e. The molecular weight excluding hydrogens is 306 g/mol. The number of carboxylic acid groups (broad SMARTS) is 1. The molecule has 0 aliphatic rings. The van der Waals surface area contributed by atoms with E-state index in [2.05, 4.69) is 25.2 Å². The summed E-state index contributed by atoms with van der Waals surface area (Å²) >= 11 is 0. The second kappa shape index (κ2) is 6.67. The Morgan fingerprint density at radius 1 is 1.25 bits per heavy atom. The molecule has 2 aromatic heterocycles. The molecule has 3 rings (SSSR count). The Bertz CT molecular complexity index is 855. The molecule has 0 saturated heterocycles. The van der Waals surface area contributed by atoms with Gasteiger partial charge in [-0.15, -0.1) is 0 Å². The highest BCUT2D eigenvalue weighted by molar-refractivity contribution is 6.00. The molecule has 0 unspecified atom stereocenters. The molecule has 0 atom stereocenters. The number of H-pyrrole nitrogens is 1. The second-order valence-corrected chi connectivity index (χ2v) is 5.75. The van der Waals surface area contributed by atoms with Crippen LogP contribution < -0.4 is 5.32 Å². The van der Waals surface area contributed by atoms with E-state index in [1.54, 1.807) is 0 Å². The Morgan fingerprint density at radius 2 is 2.00 bits per heavy atom. The van der Waals surface area contributed by atoms with Gasteiger partial charge >= 0.3 is 5.97 Å². The molecule has 0 amide bonds. The zero-order valence-corrected chi connectivity index (χ0v) is 13.6. The molecule has 0 fully saturated rings. The van der Waals surface area contributed by atoms with Crippen molar-refractivity contribution in [2.75, 3.05) is 32.5 Å². The van der Waals surface area contributed by atoms with Gasteiger partial charge in [-0.1, -0.05) is 0 Å². The van der Waals surface area contributed by atoms with Crippen LogP contribution in [0.15, 0.2) is 36.5 Å². The topological polar surface area (TPSA) is 94.1 Å². The van der Waals surface area contributed by atoms with Gasteiger partial charge in [-0.05, 0) is 44.4 Å². The van der Waals surface area contributed by atoms with E-state index < -0.39 is 5.97 Å². The maximum atomic E-state index is 11.3. The van der Waals surface area contributed by atoms with Gasteiger partial charge in [0, 0.05) is 30.5 Å². The first kappa shape index (κ1) is 15.9. The number of aromatic carboxylic acids is 1. The standard InChI is InChI=1S/C17H19N5O2/c1-22(2)10-9-18-12-5-3-11(4-6-12)15-20-14-13(17(23)24)7-8-19-16(14)21-15/h3-8,18H,9-10H2,1-2H3,(H,23,24)(H,19,20,21). The molecule has 24 heavy (non-hydrogen) atoms. The van der Waals surface area contributed by atoms with Crippen LogP contribution in [-0.2, 0) is 0 Å². The maximum Gasteiger partial charge on any atom is 0.338 e. The van der Waals surface area contributed by atoms with Crippen molar-refractivity contribution in [3.05, 3.63) is 42.1 Å². The van der Waals surface area contributed by atoms with Crippen LogP contribution in [0.5, 0.6) is 0 Å². The van der Waals surface area contributed by atoms with Crippen molar-refractivity contribution in [2.24, 2.45) is 0 Å². The Hall–Kier alpha value is -2.93. The lowest BCUT2D eigenvalue weighted by Gasteiger charge is -2.11. The number of aromatic amines is 1. The number of imidazole rings is 1. The van der Waals surface area contributed by atoms with Crippen molar-refractivity contribution >= 4 is 22.8 Å². The summed E-state index contributed by atoms with van der Waals surface area (Å²) in [6.45, 7) is 1.82. The fraction of sp³-hybridized carbons (Fsp3) is 0.235. The van der Waals surface area contributed by atoms with E-state index in [-0.39, 0.29) is 5.56 Å². The van der Waals surface area contributed by atoms with E-state index in [0.717, 1.165) is 24.3 Å². The first-order valence-corrected chi connectivity index (χ1v) is 7.61. The quantitative estimate of drug-likeness (QED) is 0.644. The molecule has 3 N–H and O–H groups in total. The van der Waals surface area contributed by atoms with Crippen molar-refractivity contribution in [1.82, 2.24) is 19.9 Å². The number of pyridine rings is 1. The normalized spacial score (nSPS) is 11.1. The van der Waals surface area contributed by atoms with E-state index >= 15 is 0 Å². The smallest absolute Gasteiger partial charge is 0.338 e. The van der Waals surface area contributed by atoms with E-state index in [9.17, 15) is 9.90 Å². The van der Waals surface area contributed by atoms with Gasteiger partial charge in [-0.2, -0.15) is 0 Å². The number of likely N-dealkylation sites (N-methyl/N-ethyl adjacent to an activating group) is 1. The third-order valence-electron chi connectivity index (χ3n) is 3.66. The van der Waals surface area contributed by atoms with E-state index in [1.165, 1.54) is 12.3 Å². The summed E-state index contributed by atoms with van der Waals surface area (Å²) in [7, 11) is 4.07. The summed E-state index contributed by atoms with van der Waals surface area (Å²) in [6.07, 6.45) is 1.46. The number of rotatable bonds is 6. The zero-order valence-electron chi connectivity index (χ0n) is 13.6. The van der Waals surface area contributed by atoms with Crippen LogP contribution in [0.25, 0.3) is 22.6 Å². The molecule has 7 nitrogen and oxygen atoms in total. The number of aromatic nitrogens is 3. The fourth-order valence-corrected chi connectivity index (χ4v) is 2.39. The van der Waals surface area contributed by atoms with Crippen LogP contribution in [0, 0.1) is 0 Å². The zero-order chi connectivity index (χ0) is 17.1. The molecule has 0 bridgehead atoms. The summed E-state index contributed by atoms with van der Waals surface area (Å²) in [6, 6.07) is 9.28. The van der Waals surface area contributed by atoms with Crippen LogP contribution in [-0.4, -0.2) is 58.1 Å². The van der Waals surface area contributed by atoms with Crippen molar-refractivity contribution in [2.45, 2.75) is 0 Å². The number of carbonyl (C=O) groups is 1. The molecular formula is C17H19N5O2. The van der Waals surface area contributed by atoms with Crippen molar-refractivity contribution in [3.8, 4) is 11.4 Å². The van der Waals surface area contributed by atoms with Crippen LogP contribution >= 0.6 is 0 Å². The van der Waals surface area contributed by atoms with Crippen LogP contribution in [0.2, 0.25) is 0 Å². The van der Waals surface area contributed by atoms with E-state index in [0.29, 0.717) is 17.0 Å². The maximum absolute atomic E-state index is 11.3. The van der Waals surface area contributed by atoms with E-state index in [1.807, 2.05) is 38.4 Å². The third kappa shape index (κ3) is 3.36. The molecule has 0 radical (unpaired) electrons. The molecule has 0 aliphatic carbocycles. The number of hydrogen-bond donors (Lipinski definition) is 3. The molecule has 0 saturated carbocycles. The average Bonchev–Trinajstić information content (AvgIpc) is 2.99. The Kier molecular flexibility index (Phi) is 4.43. The van der Waals surface area contributed by atoms with Gasteiger partial charge in [0.2, 0.25) is 0 Å². The minimum absolute atomic E-state index is 0.143. The predicted octanol–water partition coefficient (Wildman–Crippen LogP) is 2.30. The highest BCUT2D eigenvalue weighted by atomic mass is 16.4. The number of hydrogen-bond acceptors (Lipinski definition) is 5. The summed E-state index contributed by atoms with van der Waals surface area (Å²) in [4.78, 5) is 25.0. The lowest BCUT2D eigenvalue weighted by atomic mass is 10.2. The Labute approximate surface area is 139 Å². The SMILES string of the molecule is CN(C)CCNc1ccc(-c2nc3c(C(=O)O)ccnc3[nH]2)cc1. The summed E-state index contributed by atoms with van der Waals surface area (Å²) in [5.41, 5.74) is 2.89. The van der Waals surface area contributed by atoms with Crippen LogP contribution in [0.1, 0.15) is 10.4 Å². The van der Waals surface area contributed by atoms with Gasteiger partial charge in [0.05, 0.1) is 5.56 Å². The number of fused-ring (bicyclic) bond motifs is 1. The van der Waals surface area contributed by atoms with Gasteiger partial charge in [0.1, 0.15) is 11.3 Å². The molecule has 2 heterocycles. The predicted molar refractivity (Wildman–Crippen MR) is 93.3 cm³/mol. The number of carboxylic acids is 1. The van der Waals surface area contributed by atoms with Gasteiger partial charge in [-0.25, -0.2) is 14.8 Å². The molecule has 1 aromatic carbocycles. The highest BCUT2D eigenvalue weighted by Gasteiger charge is 2.14. The lowest BCUT2D eigenvalue weighted by Crippen LogP contribution is -2.20. The van der Waals surface area contributed by atoms with Crippen molar-refractivity contribution in [1.29, 1.82) is 0 Å². The average molecular weight is 325 g/mol. The molecule has 0 spiro atoms. The fourth-order valence-electron chi connectivity index (χ4n) is 2.39. The lowest BCUT2D eigenvalue weighted by molar-refractivity contribution is 0.0698. The first-order valence-electron chi connectivity index (χ1n) is 7.61. The second-order valence-electron chi connectivity index (χ2n) is 5.75.